The highest BCUT2D eigenvalue weighted by molar-refractivity contribution is 4.76. The molecule has 1 heteroatoms. The van der Waals surface area contributed by atoms with Crippen LogP contribution >= 0.6 is 0 Å². The summed E-state index contributed by atoms with van der Waals surface area (Å²) in [4.78, 5) is 0. The van der Waals surface area contributed by atoms with Crippen LogP contribution in [0.2, 0.25) is 0 Å². The summed E-state index contributed by atoms with van der Waals surface area (Å²) in [5.41, 5.74) is 0.915. The number of hydrogen-bond donors (Lipinski definition) is 1. The van der Waals surface area contributed by atoms with Gasteiger partial charge in [0.1, 0.15) is 0 Å². The maximum absolute atomic E-state index is 3.76. The maximum atomic E-state index is 3.76. The minimum atomic E-state index is 0.457. The first-order valence-electron chi connectivity index (χ1n) is 8.27. The van der Waals surface area contributed by atoms with Gasteiger partial charge in [0.25, 0.3) is 0 Å². The van der Waals surface area contributed by atoms with Crippen LogP contribution in [0, 0.1) is 16.7 Å². The third-order valence-electron chi connectivity index (χ3n) is 3.57. The molecule has 0 spiro atoms. The van der Waals surface area contributed by atoms with Gasteiger partial charge >= 0.3 is 0 Å². The van der Waals surface area contributed by atoms with Crippen LogP contribution in [0.25, 0.3) is 0 Å². The molecular formula is C18H39N. The van der Waals surface area contributed by atoms with Crippen molar-refractivity contribution >= 4 is 0 Å². The van der Waals surface area contributed by atoms with E-state index >= 15 is 0 Å². The minimum Gasteiger partial charge on any atom is -0.314 e. The van der Waals surface area contributed by atoms with Crippen molar-refractivity contribution in [2.24, 2.45) is 16.7 Å². The fourth-order valence-electron chi connectivity index (χ4n) is 2.87. The van der Waals surface area contributed by atoms with Crippen LogP contribution in [-0.2, 0) is 0 Å². The maximum Gasteiger partial charge on any atom is 0.00697 e. The molecule has 0 heterocycles. The van der Waals surface area contributed by atoms with Crippen molar-refractivity contribution in [2.75, 3.05) is 6.54 Å². The summed E-state index contributed by atoms with van der Waals surface area (Å²) >= 11 is 0. The molecule has 0 aliphatic carbocycles. The Hall–Kier alpha value is -0.0400. The van der Waals surface area contributed by atoms with Gasteiger partial charge in [0.2, 0.25) is 0 Å². The lowest BCUT2D eigenvalue weighted by molar-refractivity contribution is 0.255. The van der Waals surface area contributed by atoms with E-state index in [4.69, 9.17) is 0 Å². The molecule has 2 unspecified atom stereocenters. The van der Waals surface area contributed by atoms with E-state index in [0.29, 0.717) is 16.9 Å². The highest BCUT2D eigenvalue weighted by Crippen LogP contribution is 2.29. The number of nitrogens with one attached hydrogen (secondary N) is 1. The van der Waals surface area contributed by atoms with Crippen molar-refractivity contribution in [3.05, 3.63) is 0 Å². The van der Waals surface area contributed by atoms with Crippen LogP contribution in [0.4, 0.5) is 0 Å². The van der Waals surface area contributed by atoms with Crippen LogP contribution in [0.15, 0.2) is 0 Å². The molecule has 0 bridgehead atoms. The SMILES string of the molecule is CCCNC(CCC(C)(C)C)CC(C)CC(C)(C)C. The zero-order chi connectivity index (χ0) is 15.1. The lowest BCUT2D eigenvalue weighted by atomic mass is 9.81. The van der Waals surface area contributed by atoms with Crippen LogP contribution < -0.4 is 5.32 Å². The van der Waals surface area contributed by atoms with Gasteiger partial charge in [-0.25, -0.2) is 0 Å². The largest absolute Gasteiger partial charge is 0.314 e. The van der Waals surface area contributed by atoms with E-state index in [-0.39, 0.29) is 0 Å². The zero-order valence-electron chi connectivity index (χ0n) is 14.9. The summed E-state index contributed by atoms with van der Waals surface area (Å²) in [6, 6.07) is 0.705. The monoisotopic (exact) mass is 269 g/mol. The topological polar surface area (TPSA) is 12.0 Å². The van der Waals surface area contributed by atoms with Gasteiger partial charge in [0.15, 0.2) is 0 Å². The zero-order valence-corrected chi connectivity index (χ0v) is 14.9. The van der Waals surface area contributed by atoms with Crippen LogP contribution in [-0.4, -0.2) is 12.6 Å². The van der Waals surface area contributed by atoms with E-state index in [1.165, 1.54) is 32.1 Å². The Morgan fingerprint density at radius 3 is 1.95 bits per heavy atom. The van der Waals surface area contributed by atoms with Crippen molar-refractivity contribution in [1.29, 1.82) is 0 Å². The Labute approximate surface area is 122 Å². The molecule has 0 rings (SSSR count). The van der Waals surface area contributed by atoms with Crippen molar-refractivity contribution in [2.45, 2.75) is 93.5 Å². The first kappa shape index (κ1) is 19.0. The van der Waals surface area contributed by atoms with Gasteiger partial charge in [-0.2, -0.15) is 0 Å². The molecule has 0 aromatic heterocycles. The Balaban J connectivity index is 4.25. The first-order valence-corrected chi connectivity index (χ1v) is 8.27. The second kappa shape index (κ2) is 8.29. The molecule has 1 N–H and O–H groups in total. The standard InChI is InChI=1S/C18H39N/c1-9-12-19-16(10-11-17(3,4)5)13-15(2)14-18(6,7)8/h15-16,19H,9-14H2,1-8H3. The molecule has 0 radical (unpaired) electrons. The number of rotatable bonds is 8. The van der Waals surface area contributed by atoms with E-state index in [2.05, 4.69) is 60.7 Å². The number of hydrogen-bond acceptors (Lipinski definition) is 1. The quantitative estimate of drug-likeness (QED) is 0.601. The molecule has 0 aromatic rings. The van der Waals surface area contributed by atoms with Gasteiger partial charge in [-0.3, -0.25) is 0 Å². The fraction of sp³-hybridized carbons (Fsp3) is 1.00. The van der Waals surface area contributed by atoms with Gasteiger partial charge in [-0.15, -0.1) is 0 Å². The predicted octanol–water partition coefficient (Wildman–Crippen LogP) is 5.64. The van der Waals surface area contributed by atoms with Gasteiger partial charge in [-0.1, -0.05) is 55.4 Å². The van der Waals surface area contributed by atoms with Crippen molar-refractivity contribution < 1.29 is 0 Å². The van der Waals surface area contributed by atoms with Crippen molar-refractivity contribution in [3.8, 4) is 0 Å². The van der Waals surface area contributed by atoms with Gasteiger partial charge in [-0.05, 0) is 55.4 Å². The predicted molar refractivity (Wildman–Crippen MR) is 88.6 cm³/mol. The molecule has 19 heavy (non-hydrogen) atoms. The van der Waals surface area contributed by atoms with E-state index < -0.39 is 0 Å². The Morgan fingerprint density at radius 2 is 1.53 bits per heavy atom. The molecule has 0 fully saturated rings. The highest BCUT2D eigenvalue weighted by Gasteiger charge is 2.20. The molecule has 2 atom stereocenters. The lowest BCUT2D eigenvalue weighted by Crippen LogP contribution is -2.33. The Morgan fingerprint density at radius 1 is 0.947 bits per heavy atom. The van der Waals surface area contributed by atoms with Crippen LogP contribution in [0.3, 0.4) is 0 Å². The molecule has 116 valence electrons. The Kier molecular flexibility index (Phi) is 8.27. The van der Waals surface area contributed by atoms with Gasteiger partial charge in [0.05, 0.1) is 0 Å². The molecule has 0 aromatic carbocycles. The lowest BCUT2D eigenvalue weighted by Gasteiger charge is -2.29. The van der Waals surface area contributed by atoms with Crippen LogP contribution in [0.1, 0.15) is 87.5 Å². The van der Waals surface area contributed by atoms with E-state index in [1.807, 2.05) is 0 Å². The average molecular weight is 270 g/mol. The van der Waals surface area contributed by atoms with Crippen molar-refractivity contribution in [1.82, 2.24) is 5.32 Å². The van der Waals surface area contributed by atoms with Gasteiger partial charge < -0.3 is 5.32 Å². The average Bonchev–Trinajstić information content (AvgIpc) is 2.18. The summed E-state index contributed by atoms with van der Waals surface area (Å²) in [6.07, 6.45) is 6.52. The van der Waals surface area contributed by atoms with E-state index in [9.17, 15) is 0 Å². The first-order chi connectivity index (χ1) is 8.53. The van der Waals surface area contributed by atoms with E-state index in [1.54, 1.807) is 0 Å². The second-order valence-corrected chi connectivity index (χ2v) is 8.86. The second-order valence-electron chi connectivity index (χ2n) is 8.86. The molecule has 0 aliphatic rings. The molecule has 0 amide bonds. The smallest absolute Gasteiger partial charge is 0.00697 e. The summed E-state index contributed by atoms with van der Waals surface area (Å²) in [5.74, 6) is 0.814. The third-order valence-corrected chi connectivity index (χ3v) is 3.57. The normalized spacial score (nSPS) is 16.4. The summed E-state index contributed by atoms with van der Waals surface area (Å²) in [6.45, 7) is 20.0. The van der Waals surface area contributed by atoms with E-state index in [0.717, 1.165) is 12.5 Å². The molecule has 0 aliphatic heterocycles. The third kappa shape index (κ3) is 12.7. The van der Waals surface area contributed by atoms with Crippen LogP contribution in [0.5, 0.6) is 0 Å². The van der Waals surface area contributed by atoms with Gasteiger partial charge in [0, 0.05) is 6.04 Å². The van der Waals surface area contributed by atoms with Crippen molar-refractivity contribution in [3.63, 3.8) is 0 Å². The molecule has 0 saturated heterocycles. The summed E-state index contributed by atoms with van der Waals surface area (Å²) < 4.78 is 0. The summed E-state index contributed by atoms with van der Waals surface area (Å²) in [7, 11) is 0. The molecular weight excluding hydrogens is 230 g/mol. The summed E-state index contributed by atoms with van der Waals surface area (Å²) in [5, 5.41) is 3.76. The molecule has 1 nitrogen and oxygen atoms in total. The highest BCUT2D eigenvalue weighted by atomic mass is 14.9. The Bertz CT molecular complexity index is 219. The molecule has 0 saturated carbocycles. The fourth-order valence-corrected chi connectivity index (χ4v) is 2.87. The minimum absolute atomic E-state index is 0.457.